The summed E-state index contributed by atoms with van der Waals surface area (Å²) in [5, 5.41) is 6.67. The highest BCUT2D eigenvalue weighted by molar-refractivity contribution is 6.42. The Morgan fingerprint density at radius 3 is 2.54 bits per heavy atom. The number of likely N-dealkylation sites (N-methyl/N-ethyl adjacent to an activating group) is 1. The van der Waals surface area contributed by atoms with Gasteiger partial charge in [0.25, 0.3) is 11.8 Å². The lowest BCUT2D eigenvalue weighted by atomic mass is 10.2. The summed E-state index contributed by atoms with van der Waals surface area (Å²) in [7, 11) is 1.84. The first-order chi connectivity index (χ1) is 11.4. The summed E-state index contributed by atoms with van der Waals surface area (Å²) < 4.78 is 0. The molecule has 1 fully saturated rings. The number of benzene rings is 1. The third kappa shape index (κ3) is 5.36. The van der Waals surface area contributed by atoms with Gasteiger partial charge in [-0.1, -0.05) is 36.0 Å². The molecule has 0 aliphatic heterocycles. The van der Waals surface area contributed by atoms with E-state index in [1.807, 2.05) is 14.0 Å². The highest BCUT2D eigenvalue weighted by Crippen LogP contribution is 2.24. The Morgan fingerprint density at radius 1 is 1.25 bits per heavy atom. The summed E-state index contributed by atoms with van der Waals surface area (Å²) in [4.78, 5) is 25.3. The summed E-state index contributed by atoms with van der Waals surface area (Å²) in [5.41, 5.74) is 0.588. The van der Waals surface area contributed by atoms with Gasteiger partial charge >= 0.3 is 0 Å². The van der Waals surface area contributed by atoms with E-state index < -0.39 is 0 Å². The Labute approximate surface area is 152 Å². The van der Waals surface area contributed by atoms with Crippen molar-refractivity contribution in [1.29, 1.82) is 0 Å². The normalized spacial score (nSPS) is 17.3. The second kappa shape index (κ2) is 8.70. The van der Waals surface area contributed by atoms with Crippen molar-refractivity contribution in [1.82, 2.24) is 5.32 Å². The minimum atomic E-state index is -0.287. The standard InChI is InChI=1S/C17H23Cl2N3O2/c1-11(17(24)21-12-5-3-4-6-12)22(2)10-16(23)20-13-7-8-14(18)15(19)9-13/h7-9,11-12H,3-6,10H2,1-2H3,(H,20,23)(H,21,24)/p+1/t11-/m0/s1. The molecule has 0 spiro atoms. The van der Waals surface area contributed by atoms with Crippen LogP contribution >= 0.6 is 23.2 Å². The molecule has 1 saturated carbocycles. The van der Waals surface area contributed by atoms with Gasteiger partial charge in [-0.15, -0.1) is 0 Å². The van der Waals surface area contributed by atoms with E-state index in [1.54, 1.807) is 18.2 Å². The lowest BCUT2D eigenvalue weighted by Crippen LogP contribution is -3.15. The van der Waals surface area contributed by atoms with Crippen LogP contribution in [0.4, 0.5) is 5.69 Å². The minimum Gasteiger partial charge on any atom is -0.348 e. The molecule has 2 rings (SSSR count). The van der Waals surface area contributed by atoms with Crippen LogP contribution in [0.2, 0.25) is 10.0 Å². The molecule has 2 amide bonds. The van der Waals surface area contributed by atoms with Crippen LogP contribution in [0.25, 0.3) is 0 Å². The Balaban J connectivity index is 1.83. The molecule has 0 bridgehead atoms. The smallest absolute Gasteiger partial charge is 0.279 e. The number of hydrogen-bond donors (Lipinski definition) is 3. The molecular formula is C17H24Cl2N3O2+. The fourth-order valence-corrected chi connectivity index (χ4v) is 3.10. The second-order valence-electron chi connectivity index (χ2n) is 6.41. The molecule has 0 aromatic heterocycles. The lowest BCUT2D eigenvalue weighted by molar-refractivity contribution is -0.885. The molecule has 1 aromatic rings. The SMILES string of the molecule is C[C@@H](C(=O)NC1CCCC1)[NH+](C)CC(=O)Nc1ccc(Cl)c(Cl)c1. The van der Waals surface area contributed by atoms with Crippen molar-refractivity contribution in [3.8, 4) is 0 Å². The predicted octanol–water partition coefficient (Wildman–Crippen LogP) is 1.89. The van der Waals surface area contributed by atoms with Crippen molar-refractivity contribution in [2.75, 3.05) is 18.9 Å². The van der Waals surface area contributed by atoms with Crippen molar-refractivity contribution in [2.45, 2.75) is 44.7 Å². The topological polar surface area (TPSA) is 62.6 Å². The molecular weight excluding hydrogens is 349 g/mol. The maximum atomic E-state index is 12.3. The van der Waals surface area contributed by atoms with Gasteiger partial charge in [0.15, 0.2) is 12.6 Å². The summed E-state index contributed by atoms with van der Waals surface area (Å²) in [6, 6.07) is 4.93. The number of carbonyl (C=O) groups excluding carboxylic acids is 2. The van der Waals surface area contributed by atoms with Crippen LogP contribution in [0, 0.1) is 0 Å². The zero-order chi connectivity index (χ0) is 17.7. The first-order valence-electron chi connectivity index (χ1n) is 8.24. The summed E-state index contributed by atoms with van der Waals surface area (Å²) in [6.07, 6.45) is 4.45. The molecule has 24 heavy (non-hydrogen) atoms. The van der Waals surface area contributed by atoms with Crippen molar-refractivity contribution >= 4 is 40.7 Å². The highest BCUT2D eigenvalue weighted by atomic mass is 35.5. The van der Waals surface area contributed by atoms with Gasteiger partial charge in [0.2, 0.25) is 0 Å². The quantitative estimate of drug-likeness (QED) is 0.713. The molecule has 1 unspecified atom stereocenters. The van der Waals surface area contributed by atoms with Crippen LogP contribution in [-0.2, 0) is 9.59 Å². The average Bonchev–Trinajstić information content (AvgIpc) is 3.02. The fraction of sp³-hybridized carbons (Fsp3) is 0.529. The molecule has 1 aromatic carbocycles. The van der Waals surface area contributed by atoms with Crippen LogP contribution in [0.3, 0.4) is 0 Å². The Kier molecular flexibility index (Phi) is 6.90. The zero-order valence-corrected chi connectivity index (χ0v) is 15.5. The van der Waals surface area contributed by atoms with E-state index in [1.165, 1.54) is 12.8 Å². The molecule has 132 valence electrons. The minimum absolute atomic E-state index is 0.00161. The maximum absolute atomic E-state index is 12.3. The molecule has 1 aliphatic carbocycles. The molecule has 0 heterocycles. The van der Waals surface area contributed by atoms with Gasteiger partial charge in [0, 0.05) is 11.7 Å². The van der Waals surface area contributed by atoms with Gasteiger partial charge in [-0.25, -0.2) is 0 Å². The third-order valence-electron chi connectivity index (χ3n) is 4.48. The average molecular weight is 373 g/mol. The van der Waals surface area contributed by atoms with Crippen molar-refractivity contribution in [3.05, 3.63) is 28.2 Å². The van der Waals surface area contributed by atoms with Crippen LogP contribution in [0.5, 0.6) is 0 Å². The van der Waals surface area contributed by atoms with Gasteiger partial charge in [-0.05, 0) is 38.0 Å². The molecule has 2 atom stereocenters. The number of nitrogens with one attached hydrogen (secondary N) is 3. The monoisotopic (exact) mass is 372 g/mol. The molecule has 3 N–H and O–H groups in total. The zero-order valence-electron chi connectivity index (χ0n) is 14.0. The summed E-state index contributed by atoms with van der Waals surface area (Å²) >= 11 is 11.8. The largest absolute Gasteiger partial charge is 0.348 e. The first kappa shape index (κ1) is 19.0. The van der Waals surface area contributed by atoms with E-state index in [9.17, 15) is 9.59 Å². The molecule has 1 aliphatic rings. The van der Waals surface area contributed by atoms with Crippen molar-refractivity contribution in [2.24, 2.45) is 0 Å². The molecule has 0 radical (unpaired) electrons. The third-order valence-corrected chi connectivity index (χ3v) is 5.22. The lowest BCUT2D eigenvalue weighted by Gasteiger charge is -2.22. The van der Waals surface area contributed by atoms with Gasteiger partial charge in [0.05, 0.1) is 17.1 Å². The summed E-state index contributed by atoms with van der Waals surface area (Å²) in [5.74, 6) is -0.173. The van der Waals surface area contributed by atoms with E-state index in [2.05, 4.69) is 10.6 Å². The number of anilines is 1. The van der Waals surface area contributed by atoms with Gasteiger partial charge in [0.1, 0.15) is 0 Å². The van der Waals surface area contributed by atoms with E-state index in [0.29, 0.717) is 15.7 Å². The second-order valence-corrected chi connectivity index (χ2v) is 7.23. The van der Waals surface area contributed by atoms with Gasteiger partial charge in [-0.2, -0.15) is 0 Å². The number of rotatable bonds is 6. The molecule has 7 heteroatoms. The van der Waals surface area contributed by atoms with Crippen molar-refractivity contribution < 1.29 is 14.5 Å². The summed E-state index contributed by atoms with van der Waals surface area (Å²) in [6.45, 7) is 2.03. The van der Waals surface area contributed by atoms with Crippen LogP contribution in [0.1, 0.15) is 32.6 Å². The predicted molar refractivity (Wildman–Crippen MR) is 96.7 cm³/mol. The van der Waals surface area contributed by atoms with Gasteiger partial charge in [-0.3, -0.25) is 9.59 Å². The van der Waals surface area contributed by atoms with E-state index in [-0.39, 0.29) is 30.4 Å². The Hall–Kier alpha value is -1.30. The molecule has 0 saturated heterocycles. The number of hydrogen-bond acceptors (Lipinski definition) is 2. The van der Waals surface area contributed by atoms with Crippen LogP contribution < -0.4 is 15.5 Å². The first-order valence-corrected chi connectivity index (χ1v) is 9.00. The van der Waals surface area contributed by atoms with E-state index >= 15 is 0 Å². The van der Waals surface area contributed by atoms with Gasteiger partial charge < -0.3 is 15.5 Å². The Morgan fingerprint density at radius 2 is 1.92 bits per heavy atom. The fourth-order valence-electron chi connectivity index (χ4n) is 2.81. The number of carbonyl (C=O) groups is 2. The van der Waals surface area contributed by atoms with Crippen molar-refractivity contribution in [3.63, 3.8) is 0 Å². The number of quaternary nitrogens is 1. The van der Waals surface area contributed by atoms with E-state index in [0.717, 1.165) is 17.7 Å². The molecule has 5 nitrogen and oxygen atoms in total. The Bertz CT molecular complexity index is 603. The van der Waals surface area contributed by atoms with E-state index in [4.69, 9.17) is 23.2 Å². The highest BCUT2D eigenvalue weighted by Gasteiger charge is 2.27. The van der Waals surface area contributed by atoms with Crippen LogP contribution in [0.15, 0.2) is 18.2 Å². The van der Waals surface area contributed by atoms with Crippen LogP contribution in [-0.4, -0.2) is 37.5 Å². The number of halogens is 2. The maximum Gasteiger partial charge on any atom is 0.279 e. The number of amides is 2.